The topological polar surface area (TPSA) is 67.9 Å². The Balaban J connectivity index is 1.21. The van der Waals surface area contributed by atoms with Crippen LogP contribution < -0.4 is 14.8 Å². The van der Waals surface area contributed by atoms with Gasteiger partial charge in [-0.15, -0.1) is 11.3 Å². The minimum atomic E-state index is -0.0689. The first kappa shape index (κ1) is 18.8. The number of hydrogen-bond donors (Lipinski definition) is 1. The molecule has 1 N–H and O–H groups in total. The van der Waals surface area contributed by atoms with Crippen LogP contribution in [0.1, 0.15) is 30.6 Å². The van der Waals surface area contributed by atoms with Gasteiger partial charge in [-0.1, -0.05) is 6.07 Å². The first-order chi connectivity index (χ1) is 13.7. The van der Waals surface area contributed by atoms with Crippen LogP contribution in [0, 0.1) is 5.92 Å². The summed E-state index contributed by atoms with van der Waals surface area (Å²) in [6.07, 6.45) is 3.81. The quantitative estimate of drug-likeness (QED) is 0.803. The maximum absolute atomic E-state index is 12.6. The summed E-state index contributed by atoms with van der Waals surface area (Å²) < 4.78 is 10.6. The summed E-state index contributed by atoms with van der Waals surface area (Å²) in [6, 6.07) is 9.56. The van der Waals surface area contributed by atoms with Crippen LogP contribution in [0.2, 0.25) is 0 Å². The summed E-state index contributed by atoms with van der Waals surface area (Å²) in [4.78, 5) is 28.2. The number of amides is 2. The van der Waals surface area contributed by atoms with Crippen LogP contribution in [0.3, 0.4) is 0 Å². The number of benzene rings is 1. The SMILES string of the molecule is O=C(Nc1ccc2c(c1)OCO2)C1CCN(C(=O)CCCc2cccs2)CC1. The molecule has 2 aliphatic rings. The smallest absolute Gasteiger partial charge is 0.231 e. The minimum absolute atomic E-state index is 0.00339. The van der Waals surface area contributed by atoms with Gasteiger partial charge in [-0.05, 0) is 49.3 Å². The molecule has 6 nitrogen and oxygen atoms in total. The molecule has 1 saturated heterocycles. The molecule has 0 saturated carbocycles. The van der Waals surface area contributed by atoms with E-state index in [2.05, 4.69) is 16.8 Å². The number of anilines is 1. The Morgan fingerprint density at radius 1 is 1.14 bits per heavy atom. The summed E-state index contributed by atoms with van der Waals surface area (Å²) in [5, 5.41) is 5.02. The van der Waals surface area contributed by atoms with E-state index in [1.165, 1.54) is 4.88 Å². The molecule has 1 fully saturated rings. The average molecular weight is 401 g/mol. The third kappa shape index (κ3) is 4.47. The molecule has 2 aliphatic heterocycles. The first-order valence-electron chi connectivity index (χ1n) is 9.70. The Morgan fingerprint density at radius 2 is 1.96 bits per heavy atom. The molecule has 1 aromatic carbocycles. The minimum Gasteiger partial charge on any atom is -0.454 e. The van der Waals surface area contributed by atoms with Gasteiger partial charge in [0.2, 0.25) is 18.6 Å². The third-order valence-electron chi connectivity index (χ3n) is 5.25. The molecule has 148 valence electrons. The van der Waals surface area contributed by atoms with E-state index in [1.54, 1.807) is 23.5 Å². The van der Waals surface area contributed by atoms with Crippen molar-refractivity contribution in [1.29, 1.82) is 0 Å². The number of rotatable bonds is 6. The lowest BCUT2D eigenvalue weighted by Gasteiger charge is -2.31. The standard InChI is InChI=1S/C21H24N2O4S/c24-20(5-1-3-17-4-2-12-28-17)23-10-8-15(9-11-23)21(25)22-16-6-7-18-19(13-16)27-14-26-18/h2,4,6-7,12-13,15H,1,3,5,8-11,14H2,(H,22,25). The van der Waals surface area contributed by atoms with Gasteiger partial charge in [-0.3, -0.25) is 9.59 Å². The number of ether oxygens (including phenoxy) is 2. The second-order valence-corrected chi connectivity index (χ2v) is 8.18. The van der Waals surface area contributed by atoms with E-state index in [9.17, 15) is 9.59 Å². The average Bonchev–Trinajstić information content (AvgIpc) is 3.39. The van der Waals surface area contributed by atoms with E-state index < -0.39 is 0 Å². The molecule has 0 unspecified atom stereocenters. The Bertz CT molecular complexity index is 829. The molecule has 4 rings (SSSR count). The molecular weight excluding hydrogens is 376 g/mol. The zero-order valence-corrected chi connectivity index (χ0v) is 16.5. The van der Waals surface area contributed by atoms with E-state index in [0.29, 0.717) is 49.5 Å². The first-order valence-corrected chi connectivity index (χ1v) is 10.6. The van der Waals surface area contributed by atoms with Crippen molar-refractivity contribution in [3.8, 4) is 11.5 Å². The maximum Gasteiger partial charge on any atom is 0.231 e. The van der Waals surface area contributed by atoms with Gasteiger partial charge in [0.1, 0.15) is 0 Å². The molecule has 1 aromatic heterocycles. The van der Waals surface area contributed by atoms with Crippen LogP contribution in [0.5, 0.6) is 11.5 Å². The number of hydrogen-bond acceptors (Lipinski definition) is 5. The van der Waals surface area contributed by atoms with Crippen molar-refractivity contribution in [2.45, 2.75) is 32.1 Å². The number of carbonyl (C=O) groups is 2. The fourth-order valence-corrected chi connectivity index (χ4v) is 4.39. The van der Waals surface area contributed by atoms with E-state index in [1.807, 2.05) is 17.0 Å². The Hall–Kier alpha value is -2.54. The van der Waals surface area contributed by atoms with E-state index >= 15 is 0 Å². The summed E-state index contributed by atoms with van der Waals surface area (Å²) in [5.74, 6) is 1.49. The van der Waals surface area contributed by atoms with Crippen LogP contribution in [0.25, 0.3) is 0 Å². The predicted octanol–water partition coefficient (Wildman–Crippen LogP) is 3.68. The van der Waals surface area contributed by atoms with Crippen molar-refractivity contribution >= 4 is 28.8 Å². The molecular formula is C21H24N2O4S. The molecule has 0 radical (unpaired) electrons. The van der Waals surface area contributed by atoms with Crippen molar-refractivity contribution in [2.24, 2.45) is 5.92 Å². The molecule has 0 spiro atoms. The van der Waals surface area contributed by atoms with Crippen molar-refractivity contribution in [3.63, 3.8) is 0 Å². The van der Waals surface area contributed by atoms with Gasteiger partial charge in [0, 0.05) is 42.1 Å². The molecule has 0 aliphatic carbocycles. The number of fused-ring (bicyclic) bond motifs is 1. The monoisotopic (exact) mass is 400 g/mol. The van der Waals surface area contributed by atoms with Gasteiger partial charge >= 0.3 is 0 Å². The Kier molecular flexibility index (Phi) is 5.81. The summed E-state index contributed by atoms with van der Waals surface area (Å²) in [5.41, 5.74) is 0.710. The Morgan fingerprint density at radius 3 is 2.75 bits per heavy atom. The van der Waals surface area contributed by atoms with Gasteiger partial charge in [0.25, 0.3) is 0 Å². The fourth-order valence-electron chi connectivity index (χ4n) is 3.64. The molecule has 3 heterocycles. The summed E-state index contributed by atoms with van der Waals surface area (Å²) >= 11 is 1.74. The Labute approximate surface area is 168 Å². The second-order valence-electron chi connectivity index (χ2n) is 7.15. The number of likely N-dealkylation sites (tertiary alicyclic amines) is 1. The molecule has 0 atom stereocenters. The molecule has 0 bridgehead atoms. The highest BCUT2D eigenvalue weighted by Gasteiger charge is 2.27. The van der Waals surface area contributed by atoms with Crippen molar-refractivity contribution in [1.82, 2.24) is 4.90 Å². The zero-order chi connectivity index (χ0) is 19.3. The summed E-state index contributed by atoms with van der Waals surface area (Å²) in [7, 11) is 0. The van der Waals surface area contributed by atoms with Crippen LogP contribution in [-0.4, -0.2) is 36.6 Å². The van der Waals surface area contributed by atoms with Crippen molar-refractivity contribution in [3.05, 3.63) is 40.6 Å². The second kappa shape index (κ2) is 8.65. The number of piperidine rings is 1. The number of aryl methyl sites for hydroxylation is 1. The van der Waals surface area contributed by atoms with Gasteiger partial charge in [0.15, 0.2) is 11.5 Å². The van der Waals surface area contributed by atoms with Gasteiger partial charge in [-0.25, -0.2) is 0 Å². The summed E-state index contributed by atoms with van der Waals surface area (Å²) in [6.45, 7) is 1.51. The molecule has 28 heavy (non-hydrogen) atoms. The largest absolute Gasteiger partial charge is 0.454 e. The normalized spacial score (nSPS) is 16.2. The lowest BCUT2D eigenvalue weighted by Crippen LogP contribution is -2.41. The van der Waals surface area contributed by atoms with Crippen LogP contribution in [0.15, 0.2) is 35.7 Å². The third-order valence-corrected chi connectivity index (χ3v) is 6.19. The lowest BCUT2D eigenvalue weighted by atomic mass is 9.95. The molecule has 2 amide bonds. The number of nitrogens with zero attached hydrogens (tertiary/aromatic N) is 1. The van der Waals surface area contributed by atoms with Gasteiger partial charge < -0.3 is 19.7 Å². The van der Waals surface area contributed by atoms with Gasteiger partial charge in [0.05, 0.1) is 0 Å². The van der Waals surface area contributed by atoms with Crippen LogP contribution in [-0.2, 0) is 16.0 Å². The number of nitrogens with one attached hydrogen (secondary N) is 1. The number of thiophene rings is 1. The van der Waals surface area contributed by atoms with Crippen molar-refractivity contribution in [2.75, 3.05) is 25.2 Å². The van der Waals surface area contributed by atoms with E-state index in [4.69, 9.17) is 9.47 Å². The van der Waals surface area contributed by atoms with Crippen molar-refractivity contribution < 1.29 is 19.1 Å². The highest BCUT2D eigenvalue weighted by molar-refractivity contribution is 7.09. The van der Waals surface area contributed by atoms with Gasteiger partial charge in [-0.2, -0.15) is 0 Å². The van der Waals surface area contributed by atoms with Crippen LogP contribution in [0.4, 0.5) is 5.69 Å². The predicted molar refractivity (Wildman–Crippen MR) is 108 cm³/mol. The fraction of sp³-hybridized carbons (Fsp3) is 0.429. The van der Waals surface area contributed by atoms with E-state index in [0.717, 1.165) is 12.8 Å². The van der Waals surface area contributed by atoms with E-state index in [-0.39, 0.29) is 24.5 Å². The maximum atomic E-state index is 12.6. The zero-order valence-electron chi connectivity index (χ0n) is 15.7. The highest BCUT2D eigenvalue weighted by atomic mass is 32.1. The lowest BCUT2D eigenvalue weighted by molar-refractivity contribution is -0.134. The van der Waals surface area contributed by atoms with Crippen LogP contribution >= 0.6 is 11.3 Å². The molecule has 7 heteroatoms. The molecule has 2 aromatic rings. The number of carbonyl (C=O) groups excluding carboxylic acids is 2. The highest BCUT2D eigenvalue weighted by Crippen LogP contribution is 2.34.